The van der Waals surface area contributed by atoms with Crippen molar-refractivity contribution < 1.29 is 9.13 Å². The van der Waals surface area contributed by atoms with Crippen LogP contribution in [0.5, 0.6) is 5.75 Å². The smallest absolute Gasteiger partial charge is 0.144 e. The summed E-state index contributed by atoms with van der Waals surface area (Å²) in [6, 6.07) is 22.7. The Morgan fingerprint density at radius 3 is 2.38 bits per heavy atom. The Bertz CT molecular complexity index is 1020. The van der Waals surface area contributed by atoms with E-state index in [4.69, 9.17) is 4.74 Å². The van der Waals surface area contributed by atoms with Crippen LogP contribution in [-0.2, 0) is 25.9 Å². The molecule has 0 N–H and O–H groups in total. The third-order valence-electron chi connectivity index (χ3n) is 6.96. The molecule has 0 saturated heterocycles. The van der Waals surface area contributed by atoms with Gasteiger partial charge in [-0.15, -0.1) is 0 Å². The van der Waals surface area contributed by atoms with Crippen molar-refractivity contribution in [2.75, 3.05) is 0 Å². The third kappa shape index (κ3) is 5.26. The molecule has 0 aliphatic heterocycles. The monoisotopic (exact) mass is 493 g/mol. The largest absolute Gasteiger partial charge is 0.488 e. The summed E-state index contributed by atoms with van der Waals surface area (Å²) in [7, 11) is 0. The highest BCUT2D eigenvalue weighted by molar-refractivity contribution is 9.10. The molecule has 1 aliphatic carbocycles. The lowest BCUT2D eigenvalue weighted by atomic mass is 9.70. The minimum Gasteiger partial charge on any atom is -0.488 e. The minimum absolute atomic E-state index is 0.156. The van der Waals surface area contributed by atoms with E-state index in [-0.39, 0.29) is 5.82 Å². The molecule has 1 nitrogen and oxygen atoms in total. The van der Waals surface area contributed by atoms with Crippen LogP contribution in [0.1, 0.15) is 42.0 Å². The second kappa shape index (κ2) is 10.7. The second-order valence-electron chi connectivity index (χ2n) is 9.04. The number of benzene rings is 3. The number of hydrogen-bond donors (Lipinski definition) is 0. The van der Waals surface area contributed by atoms with E-state index < -0.39 is 0 Å². The van der Waals surface area contributed by atoms with Gasteiger partial charge in [-0.1, -0.05) is 80.9 Å². The molecule has 3 heteroatoms. The van der Waals surface area contributed by atoms with Crippen LogP contribution in [0.4, 0.5) is 4.39 Å². The Balaban J connectivity index is 1.53. The molecule has 3 aromatic carbocycles. The van der Waals surface area contributed by atoms with Crippen LogP contribution in [0.3, 0.4) is 0 Å². The van der Waals surface area contributed by atoms with Gasteiger partial charge in [0, 0.05) is 0 Å². The first-order valence-electron chi connectivity index (χ1n) is 11.6. The summed E-state index contributed by atoms with van der Waals surface area (Å²) < 4.78 is 21.9. The number of rotatable bonds is 8. The highest BCUT2D eigenvalue weighted by Crippen LogP contribution is 2.41. The average Bonchev–Trinajstić information content (AvgIpc) is 2.84. The van der Waals surface area contributed by atoms with Crippen LogP contribution in [-0.4, -0.2) is 0 Å². The lowest BCUT2D eigenvalue weighted by Gasteiger charge is -2.35. The Kier molecular flexibility index (Phi) is 7.67. The highest BCUT2D eigenvalue weighted by Gasteiger charge is 2.32. The van der Waals surface area contributed by atoms with E-state index in [1.54, 1.807) is 0 Å². The quantitative estimate of drug-likeness (QED) is 0.308. The first-order valence-corrected chi connectivity index (χ1v) is 12.4. The van der Waals surface area contributed by atoms with Crippen molar-refractivity contribution in [3.8, 4) is 5.75 Å². The Labute approximate surface area is 200 Å². The maximum absolute atomic E-state index is 15.5. The topological polar surface area (TPSA) is 9.23 Å². The van der Waals surface area contributed by atoms with Crippen molar-refractivity contribution >= 4 is 15.9 Å². The first kappa shape index (κ1) is 23.0. The van der Waals surface area contributed by atoms with Gasteiger partial charge in [-0.05, 0) is 87.7 Å². The third-order valence-corrected chi connectivity index (χ3v) is 7.70. The van der Waals surface area contributed by atoms with Crippen molar-refractivity contribution in [1.29, 1.82) is 0 Å². The molecule has 2 unspecified atom stereocenters. The summed E-state index contributed by atoms with van der Waals surface area (Å²) >= 11 is 3.48. The van der Waals surface area contributed by atoms with Crippen LogP contribution in [0.25, 0.3) is 0 Å². The van der Waals surface area contributed by atoms with E-state index in [2.05, 4.69) is 60.1 Å². The molecule has 0 bridgehead atoms. The minimum atomic E-state index is -0.156. The number of aryl methyl sites for hydroxylation is 1. The zero-order valence-electron chi connectivity index (χ0n) is 18.7. The van der Waals surface area contributed by atoms with Gasteiger partial charge in [-0.25, -0.2) is 4.39 Å². The number of hydrogen-bond acceptors (Lipinski definition) is 1. The molecule has 167 valence electrons. The normalized spacial score (nSPS) is 17.4. The molecular weight excluding hydrogens is 463 g/mol. The predicted octanol–water partition coefficient (Wildman–Crippen LogP) is 7.99. The molecular formula is C29H31BrFO. The fourth-order valence-corrected chi connectivity index (χ4v) is 5.45. The molecule has 32 heavy (non-hydrogen) atoms. The van der Waals surface area contributed by atoms with E-state index in [9.17, 15) is 0 Å². The molecule has 0 spiro atoms. The van der Waals surface area contributed by atoms with Crippen LogP contribution in [0, 0.1) is 30.5 Å². The molecule has 0 saturated carbocycles. The molecule has 3 aromatic rings. The molecule has 0 fully saturated rings. The molecule has 1 radical (unpaired) electrons. The van der Waals surface area contributed by atoms with Gasteiger partial charge in [0.2, 0.25) is 0 Å². The standard InChI is InChI=1S/C29H31BrFO/c1-3-20(2)25(16-21-10-6-4-7-11-21)23-14-15-24-18-27(28(30)29(31)26(24)17-23)32-19-22-12-8-5-9-13-22/h4-13,18,20,23,25H,1,3,14-17,19H2,2H3/t20?,23-,25?/m1/s1. The molecule has 0 heterocycles. The maximum atomic E-state index is 15.5. The molecule has 3 atom stereocenters. The van der Waals surface area contributed by atoms with Crippen LogP contribution >= 0.6 is 15.9 Å². The fraction of sp³-hybridized carbons (Fsp3) is 0.345. The number of fused-ring (bicyclic) bond motifs is 1. The fourth-order valence-electron chi connectivity index (χ4n) is 4.98. The summed E-state index contributed by atoms with van der Waals surface area (Å²) in [6.07, 6.45) is 4.67. The van der Waals surface area contributed by atoms with E-state index >= 15 is 4.39 Å². The van der Waals surface area contributed by atoms with E-state index in [1.807, 2.05) is 36.4 Å². The Morgan fingerprint density at radius 1 is 1.06 bits per heavy atom. The summed E-state index contributed by atoms with van der Waals surface area (Å²) in [5, 5.41) is 0. The molecule has 4 rings (SSSR count). The van der Waals surface area contributed by atoms with Gasteiger partial charge < -0.3 is 4.74 Å². The van der Waals surface area contributed by atoms with Crippen molar-refractivity contribution in [3.63, 3.8) is 0 Å². The number of ether oxygens (including phenoxy) is 1. The van der Waals surface area contributed by atoms with Crippen molar-refractivity contribution in [2.24, 2.45) is 17.8 Å². The molecule has 1 aliphatic rings. The molecule has 0 amide bonds. The van der Waals surface area contributed by atoms with Crippen LogP contribution in [0.2, 0.25) is 0 Å². The van der Waals surface area contributed by atoms with Gasteiger partial charge >= 0.3 is 0 Å². The van der Waals surface area contributed by atoms with Gasteiger partial charge in [-0.3, -0.25) is 0 Å². The summed E-state index contributed by atoms with van der Waals surface area (Å²) in [5.74, 6) is 1.89. The summed E-state index contributed by atoms with van der Waals surface area (Å²) in [5.41, 5.74) is 4.37. The Hall–Kier alpha value is -2.13. The Morgan fingerprint density at radius 2 is 1.72 bits per heavy atom. The van der Waals surface area contributed by atoms with Gasteiger partial charge in [-0.2, -0.15) is 0 Å². The van der Waals surface area contributed by atoms with Gasteiger partial charge in [0.15, 0.2) is 0 Å². The zero-order chi connectivity index (χ0) is 22.5. The molecule has 0 aromatic heterocycles. The zero-order valence-corrected chi connectivity index (χ0v) is 20.3. The summed E-state index contributed by atoms with van der Waals surface area (Å²) in [4.78, 5) is 0. The van der Waals surface area contributed by atoms with E-state index in [1.165, 1.54) is 5.56 Å². The maximum Gasteiger partial charge on any atom is 0.144 e. The van der Waals surface area contributed by atoms with E-state index in [0.717, 1.165) is 48.8 Å². The van der Waals surface area contributed by atoms with Crippen LogP contribution in [0.15, 0.2) is 71.2 Å². The van der Waals surface area contributed by atoms with Gasteiger partial charge in [0.1, 0.15) is 18.2 Å². The highest BCUT2D eigenvalue weighted by atomic mass is 79.9. The SMILES string of the molecule is [CH2]CC(C)C(Cc1ccccc1)[C@@H]1CCc2cc(OCc3ccccc3)c(Br)c(F)c2C1. The number of halogens is 2. The first-order chi connectivity index (χ1) is 15.6. The van der Waals surface area contributed by atoms with Crippen molar-refractivity contribution in [1.82, 2.24) is 0 Å². The average molecular weight is 494 g/mol. The van der Waals surface area contributed by atoms with Crippen molar-refractivity contribution in [3.05, 3.63) is 106 Å². The van der Waals surface area contributed by atoms with Crippen molar-refractivity contribution in [2.45, 2.75) is 45.6 Å². The van der Waals surface area contributed by atoms with E-state index in [0.29, 0.717) is 34.6 Å². The van der Waals surface area contributed by atoms with Crippen LogP contribution < -0.4 is 4.74 Å². The lowest BCUT2D eigenvalue weighted by molar-refractivity contribution is 0.214. The van der Waals surface area contributed by atoms with Gasteiger partial charge in [0.05, 0.1) is 4.47 Å². The lowest BCUT2D eigenvalue weighted by Crippen LogP contribution is -2.29. The van der Waals surface area contributed by atoms with Gasteiger partial charge in [0.25, 0.3) is 0 Å². The summed E-state index contributed by atoms with van der Waals surface area (Å²) in [6.45, 7) is 6.90. The second-order valence-corrected chi connectivity index (χ2v) is 9.83. The predicted molar refractivity (Wildman–Crippen MR) is 133 cm³/mol.